The van der Waals surface area contributed by atoms with Crippen LogP contribution in [0.25, 0.3) is 0 Å². The number of hydrogen-bond donors (Lipinski definition) is 3. The molecule has 5 heterocycles. The zero-order chi connectivity index (χ0) is 36.6. The van der Waals surface area contributed by atoms with Gasteiger partial charge in [0.2, 0.25) is 0 Å². The van der Waals surface area contributed by atoms with Gasteiger partial charge in [0, 0.05) is 37.7 Å². The van der Waals surface area contributed by atoms with Crippen molar-refractivity contribution in [2.75, 3.05) is 7.11 Å². The molecule has 1 spiro atoms. The molecule has 6 rings (SSSR count). The highest BCUT2D eigenvalue weighted by atomic mass is 16.8. The number of carboxylic acid groups (broad SMARTS) is 1. The van der Waals surface area contributed by atoms with Crippen LogP contribution in [-0.2, 0) is 33.2 Å². The molecule has 50 heavy (non-hydrogen) atoms. The molecule has 18 atom stereocenters. The van der Waals surface area contributed by atoms with Gasteiger partial charge in [-0.05, 0) is 94.3 Å². The van der Waals surface area contributed by atoms with Gasteiger partial charge in [-0.3, -0.25) is 4.79 Å². The molecule has 5 saturated heterocycles. The summed E-state index contributed by atoms with van der Waals surface area (Å²) >= 11 is 0. The van der Waals surface area contributed by atoms with E-state index >= 15 is 0 Å². The molecule has 6 fully saturated rings. The van der Waals surface area contributed by atoms with E-state index in [1.165, 1.54) is 0 Å². The molecule has 5 aliphatic heterocycles. The standard InChI is InChI=1S/C40H68O10/c1-21-11-12-29(46-33(21)26(6)36(41)42)17-30-18-31(45-10)27(7)39(48-30)25(5)19-38(9,50-39)28-13-14-37(8,20-28)35-23(3)16-32(47-35)34-22(2)15-24(4)40(43,44)49-34/h21-35,43-44H,11-20H2,1-10H3,(H,41,42)/t21-,22-,23-,24+,25-,26+,27+,28-,29+,30+,31+,32+,33+,34-,35+,37+,38-,39+/m0/s1. The molecular weight excluding hydrogens is 640 g/mol. The predicted octanol–water partition coefficient (Wildman–Crippen LogP) is 6.53. The van der Waals surface area contributed by atoms with Crippen LogP contribution in [0.5, 0.6) is 0 Å². The molecule has 0 bridgehead atoms. The molecule has 10 heteroatoms. The van der Waals surface area contributed by atoms with Crippen LogP contribution in [0.15, 0.2) is 0 Å². The highest BCUT2D eigenvalue weighted by Crippen LogP contribution is 2.60. The first-order chi connectivity index (χ1) is 23.3. The zero-order valence-corrected chi connectivity index (χ0v) is 32.4. The van der Waals surface area contributed by atoms with Gasteiger partial charge in [-0.2, -0.15) is 0 Å². The third-order valence-electron chi connectivity index (χ3n) is 14.8. The second kappa shape index (κ2) is 14.1. The molecule has 0 amide bonds. The number of hydrogen-bond acceptors (Lipinski definition) is 9. The summed E-state index contributed by atoms with van der Waals surface area (Å²) in [6.07, 6.45) is 7.93. The maximum absolute atomic E-state index is 11.8. The predicted molar refractivity (Wildman–Crippen MR) is 187 cm³/mol. The molecule has 288 valence electrons. The lowest BCUT2D eigenvalue weighted by molar-refractivity contribution is -0.409. The average Bonchev–Trinajstić information content (AvgIpc) is 3.72. The van der Waals surface area contributed by atoms with Gasteiger partial charge in [0.15, 0.2) is 5.79 Å². The van der Waals surface area contributed by atoms with E-state index in [1.54, 1.807) is 14.0 Å². The third kappa shape index (κ3) is 6.96. The molecule has 1 saturated carbocycles. The van der Waals surface area contributed by atoms with Gasteiger partial charge >= 0.3 is 5.97 Å². The molecule has 1 aliphatic carbocycles. The number of ether oxygens (including phenoxy) is 6. The number of methoxy groups -OCH3 is 1. The van der Waals surface area contributed by atoms with Gasteiger partial charge in [0.25, 0.3) is 5.97 Å². The van der Waals surface area contributed by atoms with Crippen LogP contribution in [-0.4, -0.2) is 88.5 Å². The fraction of sp³-hybridized carbons (Fsp3) is 0.975. The van der Waals surface area contributed by atoms with Crippen molar-refractivity contribution < 1.29 is 48.5 Å². The summed E-state index contributed by atoms with van der Waals surface area (Å²) in [5.74, 6) is -3.32. The van der Waals surface area contributed by atoms with Gasteiger partial charge in [-0.1, -0.05) is 48.5 Å². The lowest BCUT2D eigenvalue weighted by Gasteiger charge is -2.50. The Morgan fingerprint density at radius 2 is 1.58 bits per heavy atom. The maximum Gasteiger partial charge on any atom is 0.308 e. The van der Waals surface area contributed by atoms with Gasteiger partial charge < -0.3 is 43.7 Å². The normalized spacial score (nSPS) is 53.1. The van der Waals surface area contributed by atoms with Crippen LogP contribution in [0.1, 0.15) is 127 Å². The summed E-state index contributed by atoms with van der Waals surface area (Å²) in [6, 6.07) is 0. The molecule has 0 aromatic carbocycles. The molecular formula is C40H68O10. The average molecular weight is 709 g/mol. The Bertz CT molecular complexity index is 1210. The zero-order valence-electron chi connectivity index (χ0n) is 32.4. The quantitative estimate of drug-likeness (QED) is 0.239. The van der Waals surface area contributed by atoms with Crippen LogP contribution >= 0.6 is 0 Å². The third-order valence-corrected chi connectivity index (χ3v) is 14.8. The number of rotatable bonds is 8. The van der Waals surface area contributed by atoms with Crippen molar-refractivity contribution in [3.8, 4) is 0 Å². The molecule has 0 aromatic heterocycles. The maximum atomic E-state index is 11.8. The van der Waals surface area contributed by atoms with Crippen molar-refractivity contribution in [2.24, 2.45) is 52.8 Å². The van der Waals surface area contributed by atoms with Gasteiger partial charge in [-0.25, -0.2) is 0 Å². The molecule has 0 radical (unpaired) electrons. The van der Waals surface area contributed by atoms with Crippen molar-refractivity contribution in [2.45, 2.75) is 187 Å². The summed E-state index contributed by atoms with van der Waals surface area (Å²) in [5, 5.41) is 30.8. The Morgan fingerprint density at radius 3 is 2.26 bits per heavy atom. The largest absolute Gasteiger partial charge is 0.481 e. The second-order valence-electron chi connectivity index (χ2n) is 18.7. The van der Waals surface area contributed by atoms with Crippen LogP contribution in [0.4, 0.5) is 0 Å². The molecule has 3 N–H and O–H groups in total. The first-order valence-corrected chi connectivity index (χ1v) is 19.9. The van der Waals surface area contributed by atoms with E-state index in [9.17, 15) is 20.1 Å². The lowest BCUT2D eigenvalue weighted by Crippen LogP contribution is -2.58. The lowest BCUT2D eigenvalue weighted by atomic mass is 9.73. The van der Waals surface area contributed by atoms with Crippen molar-refractivity contribution in [1.29, 1.82) is 0 Å². The van der Waals surface area contributed by atoms with E-state index in [2.05, 4.69) is 48.5 Å². The van der Waals surface area contributed by atoms with Crippen LogP contribution < -0.4 is 0 Å². The molecule has 10 nitrogen and oxygen atoms in total. The second-order valence-corrected chi connectivity index (χ2v) is 18.7. The SMILES string of the molecule is CO[C@@H]1C[C@@H](C[C@H]2CC[C@H](C)[C@H]([C@@H](C)C(=O)O)O2)O[C@]2(O[C@](C)([C@H]3CC[C@@](C)([C@@H]4O[C@@H]([C@H]5OC(O)(O)[C@H](C)C[C@@H]5C)C[C@@H]4C)C3)C[C@@H]2C)[C@@H]1C. The number of carbonyl (C=O) groups is 1. The fourth-order valence-corrected chi connectivity index (χ4v) is 11.7. The van der Waals surface area contributed by atoms with Gasteiger partial charge in [-0.15, -0.1) is 0 Å². The first kappa shape index (κ1) is 38.9. The fourth-order valence-electron chi connectivity index (χ4n) is 11.7. The highest BCUT2D eigenvalue weighted by molar-refractivity contribution is 5.70. The Balaban J connectivity index is 1.13. The monoisotopic (exact) mass is 708 g/mol. The Kier molecular flexibility index (Phi) is 11.0. The molecule has 0 aromatic rings. The number of aliphatic hydroxyl groups is 2. The summed E-state index contributed by atoms with van der Waals surface area (Å²) < 4.78 is 39.8. The Morgan fingerprint density at radius 1 is 0.860 bits per heavy atom. The van der Waals surface area contributed by atoms with Gasteiger partial charge in [0.1, 0.15) is 0 Å². The molecule has 6 aliphatic rings. The number of carboxylic acids is 1. The molecule has 0 unspecified atom stereocenters. The number of aliphatic carboxylic acids is 1. The smallest absolute Gasteiger partial charge is 0.308 e. The summed E-state index contributed by atoms with van der Waals surface area (Å²) in [4.78, 5) is 11.8. The van der Waals surface area contributed by atoms with Crippen LogP contribution in [0.2, 0.25) is 0 Å². The van der Waals surface area contributed by atoms with Crippen molar-refractivity contribution in [1.82, 2.24) is 0 Å². The Hall–Kier alpha value is -0.850. The topological polar surface area (TPSA) is 133 Å². The highest BCUT2D eigenvalue weighted by Gasteiger charge is 2.64. The van der Waals surface area contributed by atoms with E-state index in [1.807, 2.05) is 6.92 Å². The van der Waals surface area contributed by atoms with E-state index in [-0.39, 0.29) is 83.3 Å². The minimum Gasteiger partial charge on any atom is -0.481 e. The summed E-state index contributed by atoms with van der Waals surface area (Å²) in [6.45, 7) is 19.2. The summed E-state index contributed by atoms with van der Waals surface area (Å²) in [5.41, 5.74) is -0.392. The van der Waals surface area contributed by atoms with Crippen molar-refractivity contribution in [3.05, 3.63) is 0 Å². The minimum atomic E-state index is -2.12. The first-order valence-electron chi connectivity index (χ1n) is 19.9. The van der Waals surface area contributed by atoms with E-state index in [0.717, 1.165) is 51.4 Å². The minimum absolute atomic E-state index is 0.0164. The Labute approximate surface area is 300 Å². The van der Waals surface area contributed by atoms with E-state index in [4.69, 9.17) is 28.4 Å². The van der Waals surface area contributed by atoms with Crippen molar-refractivity contribution >= 4 is 5.97 Å². The summed E-state index contributed by atoms with van der Waals surface area (Å²) in [7, 11) is 1.79. The van der Waals surface area contributed by atoms with Gasteiger partial charge in [0.05, 0.1) is 54.2 Å². The van der Waals surface area contributed by atoms with Crippen LogP contribution in [0, 0.1) is 52.8 Å². The van der Waals surface area contributed by atoms with Crippen molar-refractivity contribution in [3.63, 3.8) is 0 Å². The van der Waals surface area contributed by atoms with E-state index in [0.29, 0.717) is 24.7 Å². The van der Waals surface area contributed by atoms with Crippen LogP contribution in [0.3, 0.4) is 0 Å². The van der Waals surface area contributed by atoms with E-state index < -0.39 is 23.6 Å².